The van der Waals surface area contributed by atoms with Gasteiger partial charge in [0.15, 0.2) is 0 Å². The Morgan fingerprint density at radius 1 is 0.944 bits per heavy atom. The molecule has 2 rings (SSSR count). The van der Waals surface area contributed by atoms with E-state index in [4.69, 9.17) is 4.74 Å². The van der Waals surface area contributed by atoms with Gasteiger partial charge in [-0.1, -0.05) is 25.1 Å². The number of aromatic nitrogens is 1. The Morgan fingerprint density at radius 3 is 2.22 bits per heavy atom. The number of pyridine rings is 1. The highest BCUT2D eigenvalue weighted by Gasteiger charge is 1.98. The smallest absolute Gasteiger partial charge is 0.118 e. The summed E-state index contributed by atoms with van der Waals surface area (Å²) in [4.78, 5) is 4.47. The zero-order valence-corrected chi connectivity index (χ0v) is 11.0. The molecule has 0 aliphatic heterocycles. The van der Waals surface area contributed by atoms with E-state index in [0.29, 0.717) is 0 Å². The number of hydrogen-bond donors (Lipinski definition) is 0. The Morgan fingerprint density at radius 2 is 1.67 bits per heavy atom. The molecule has 0 unspecified atom stereocenters. The summed E-state index contributed by atoms with van der Waals surface area (Å²) in [6.45, 7) is 2.15. The first-order chi connectivity index (χ1) is 8.81. The van der Waals surface area contributed by atoms with Crippen LogP contribution in [0.1, 0.15) is 23.7 Å². The average Bonchev–Trinajstić information content (AvgIpc) is 2.46. The van der Waals surface area contributed by atoms with Gasteiger partial charge in [-0.15, -0.1) is 0 Å². The van der Waals surface area contributed by atoms with Crippen LogP contribution in [0.4, 0.5) is 0 Å². The molecule has 0 bridgehead atoms. The molecule has 0 N–H and O–H groups in total. The molecule has 0 aliphatic carbocycles. The van der Waals surface area contributed by atoms with Crippen LogP contribution >= 0.6 is 0 Å². The van der Waals surface area contributed by atoms with Crippen LogP contribution in [0, 0.1) is 0 Å². The number of aryl methyl sites for hydroxylation is 3. The molecule has 0 saturated carbocycles. The molecule has 0 saturated heterocycles. The highest BCUT2D eigenvalue weighted by atomic mass is 16.5. The van der Waals surface area contributed by atoms with E-state index in [1.54, 1.807) is 7.11 Å². The summed E-state index contributed by atoms with van der Waals surface area (Å²) in [5.41, 5.74) is 3.77. The molecular weight excluding hydrogens is 222 g/mol. The van der Waals surface area contributed by atoms with Gasteiger partial charge in [0.2, 0.25) is 0 Å². The Hall–Kier alpha value is -1.83. The lowest BCUT2D eigenvalue weighted by Crippen LogP contribution is -1.95. The van der Waals surface area contributed by atoms with Gasteiger partial charge < -0.3 is 4.74 Å². The van der Waals surface area contributed by atoms with Gasteiger partial charge in [-0.2, -0.15) is 0 Å². The van der Waals surface area contributed by atoms with Gasteiger partial charge in [-0.3, -0.25) is 4.98 Å². The van der Waals surface area contributed by atoms with Crippen molar-refractivity contribution in [3.63, 3.8) is 0 Å². The molecule has 0 aliphatic rings. The predicted molar refractivity (Wildman–Crippen MR) is 74.0 cm³/mol. The van der Waals surface area contributed by atoms with Gasteiger partial charge in [-0.25, -0.2) is 0 Å². The summed E-state index contributed by atoms with van der Waals surface area (Å²) in [5, 5.41) is 0. The van der Waals surface area contributed by atoms with Crippen molar-refractivity contribution in [2.45, 2.75) is 26.2 Å². The molecule has 18 heavy (non-hydrogen) atoms. The third-order valence-electron chi connectivity index (χ3n) is 3.12. The van der Waals surface area contributed by atoms with Crippen LogP contribution in [0.5, 0.6) is 5.75 Å². The second kappa shape index (κ2) is 6.20. The maximum Gasteiger partial charge on any atom is 0.118 e. The summed E-state index contributed by atoms with van der Waals surface area (Å²) in [5.74, 6) is 0.907. The van der Waals surface area contributed by atoms with Gasteiger partial charge in [0.05, 0.1) is 7.11 Å². The Balaban J connectivity index is 1.93. The first-order valence-electron chi connectivity index (χ1n) is 6.38. The molecule has 0 amide bonds. The third kappa shape index (κ3) is 3.33. The predicted octanol–water partition coefficient (Wildman–Crippen LogP) is 3.44. The van der Waals surface area contributed by atoms with Crippen molar-refractivity contribution in [3.8, 4) is 5.75 Å². The van der Waals surface area contributed by atoms with Crippen LogP contribution in [-0.2, 0) is 19.3 Å². The summed E-state index contributed by atoms with van der Waals surface area (Å²) < 4.78 is 5.15. The second-order valence-corrected chi connectivity index (χ2v) is 4.36. The van der Waals surface area contributed by atoms with Crippen LogP contribution in [0.15, 0.2) is 42.6 Å². The van der Waals surface area contributed by atoms with Crippen molar-refractivity contribution in [2.24, 2.45) is 0 Å². The van der Waals surface area contributed by atoms with Crippen molar-refractivity contribution in [2.75, 3.05) is 7.11 Å². The molecule has 2 nitrogen and oxygen atoms in total. The molecule has 94 valence electrons. The first kappa shape index (κ1) is 12.6. The van der Waals surface area contributed by atoms with Gasteiger partial charge in [-0.05, 0) is 48.6 Å². The van der Waals surface area contributed by atoms with Crippen LogP contribution in [0.25, 0.3) is 0 Å². The van der Waals surface area contributed by atoms with Gasteiger partial charge in [0, 0.05) is 11.9 Å². The molecular formula is C16H19NO. The van der Waals surface area contributed by atoms with Crippen LogP contribution in [0.3, 0.4) is 0 Å². The Kier molecular flexibility index (Phi) is 4.35. The molecule has 1 aromatic carbocycles. The minimum atomic E-state index is 0.907. The lowest BCUT2D eigenvalue weighted by Gasteiger charge is -2.04. The van der Waals surface area contributed by atoms with Crippen molar-refractivity contribution >= 4 is 0 Å². The fraction of sp³-hybridized carbons (Fsp3) is 0.312. The van der Waals surface area contributed by atoms with E-state index in [9.17, 15) is 0 Å². The topological polar surface area (TPSA) is 22.1 Å². The number of nitrogens with zero attached hydrogens (tertiary/aromatic N) is 1. The molecule has 1 heterocycles. The van der Waals surface area contributed by atoms with E-state index in [2.05, 4.69) is 36.2 Å². The van der Waals surface area contributed by atoms with E-state index in [-0.39, 0.29) is 0 Å². The highest BCUT2D eigenvalue weighted by molar-refractivity contribution is 5.27. The van der Waals surface area contributed by atoms with Gasteiger partial charge in [0.25, 0.3) is 0 Å². The largest absolute Gasteiger partial charge is 0.497 e. The second-order valence-electron chi connectivity index (χ2n) is 4.36. The highest BCUT2D eigenvalue weighted by Crippen LogP contribution is 2.13. The van der Waals surface area contributed by atoms with Crippen LogP contribution in [0.2, 0.25) is 0 Å². The molecule has 1 aromatic heterocycles. The SMILES string of the molecule is CCc1ccc(CCc2ccc(OC)cc2)nc1. The van der Waals surface area contributed by atoms with E-state index in [0.717, 1.165) is 30.7 Å². The molecule has 0 radical (unpaired) electrons. The van der Waals surface area contributed by atoms with Crippen LogP contribution < -0.4 is 4.74 Å². The quantitative estimate of drug-likeness (QED) is 0.800. The van der Waals surface area contributed by atoms with Crippen molar-refractivity contribution in [1.29, 1.82) is 0 Å². The molecule has 0 spiro atoms. The zero-order chi connectivity index (χ0) is 12.8. The summed E-state index contributed by atoms with van der Waals surface area (Å²) in [7, 11) is 1.69. The monoisotopic (exact) mass is 241 g/mol. The molecule has 2 heteroatoms. The number of ether oxygens (including phenoxy) is 1. The molecule has 0 atom stereocenters. The average molecular weight is 241 g/mol. The third-order valence-corrected chi connectivity index (χ3v) is 3.12. The number of benzene rings is 1. The van der Waals surface area contributed by atoms with E-state index in [1.807, 2.05) is 18.3 Å². The summed E-state index contributed by atoms with van der Waals surface area (Å²) in [6, 6.07) is 12.5. The number of hydrogen-bond acceptors (Lipinski definition) is 2. The fourth-order valence-electron chi connectivity index (χ4n) is 1.88. The summed E-state index contributed by atoms with van der Waals surface area (Å²) >= 11 is 0. The van der Waals surface area contributed by atoms with Gasteiger partial charge in [0.1, 0.15) is 5.75 Å². The van der Waals surface area contributed by atoms with Crippen molar-refractivity contribution in [1.82, 2.24) is 4.98 Å². The number of methoxy groups -OCH3 is 1. The van der Waals surface area contributed by atoms with E-state index < -0.39 is 0 Å². The van der Waals surface area contributed by atoms with E-state index in [1.165, 1.54) is 11.1 Å². The Bertz CT molecular complexity index is 426. The molecule has 0 fully saturated rings. The Labute approximate surface area is 109 Å². The van der Waals surface area contributed by atoms with E-state index >= 15 is 0 Å². The molecule has 2 aromatic rings. The van der Waals surface area contributed by atoms with Gasteiger partial charge >= 0.3 is 0 Å². The number of rotatable bonds is 5. The first-order valence-corrected chi connectivity index (χ1v) is 6.38. The standard InChI is InChI=1S/C16H19NO/c1-3-13-4-8-15(17-12-13)9-5-14-6-10-16(18-2)11-7-14/h4,6-8,10-12H,3,5,9H2,1-2H3. The minimum Gasteiger partial charge on any atom is -0.497 e. The van der Waals surface area contributed by atoms with Crippen LogP contribution in [-0.4, -0.2) is 12.1 Å². The van der Waals surface area contributed by atoms with Crippen molar-refractivity contribution in [3.05, 3.63) is 59.4 Å². The minimum absolute atomic E-state index is 0.907. The fourth-order valence-corrected chi connectivity index (χ4v) is 1.88. The zero-order valence-electron chi connectivity index (χ0n) is 11.0. The van der Waals surface area contributed by atoms with Crippen molar-refractivity contribution < 1.29 is 4.74 Å². The lowest BCUT2D eigenvalue weighted by atomic mass is 10.1. The maximum absolute atomic E-state index is 5.15. The maximum atomic E-state index is 5.15. The summed E-state index contributed by atoms with van der Waals surface area (Å²) in [6.07, 6.45) is 5.02. The lowest BCUT2D eigenvalue weighted by molar-refractivity contribution is 0.414. The normalized spacial score (nSPS) is 10.3.